The predicted molar refractivity (Wildman–Crippen MR) is 228 cm³/mol. The molecule has 0 radical (unpaired) electrons. The zero-order valence-corrected chi connectivity index (χ0v) is 31.6. The van der Waals surface area contributed by atoms with Crippen LogP contribution >= 0.6 is 23.5 Å². The van der Waals surface area contributed by atoms with Gasteiger partial charge in [-0.15, -0.1) is 0 Å². The summed E-state index contributed by atoms with van der Waals surface area (Å²) in [6.07, 6.45) is 0. The molecule has 7 heteroatoms. The van der Waals surface area contributed by atoms with Crippen molar-refractivity contribution in [3.05, 3.63) is 188 Å². The third-order valence-corrected chi connectivity index (χ3v) is 12.2. The Balaban J connectivity index is 1.22. The molecule has 1 aliphatic rings. The zero-order valence-electron chi connectivity index (χ0n) is 30.0. The minimum atomic E-state index is 0.583. The highest BCUT2D eigenvalue weighted by molar-refractivity contribution is 8.05. The van der Waals surface area contributed by atoms with Gasteiger partial charge in [-0.05, 0) is 41.5 Å². The summed E-state index contributed by atoms with van der Waals surface area (Å²) in [4.78, 5) is 30.6. The van der Waals surface area contributed by atoms with Gasteiger partial charge in [-0.1, -0.05) is 181 Å². The molecule has 10 rings (SSSR count). The lowest BCUT2D eigenvalue weighted by Gasteiger charge is -2.22. The van der Waals surface area contributed by atoms with Gasteiger partial charge in [-0.3, -0.25) is 0 Å². The molecule has 0 bridgehead atoms. The zero-order chi connectivity index (χ0) is 37.3. The molecule has 0 saturated heterocycles. The van der Waals surface area contributed by atoms with Crippen LogP contribution in [0.25, 0.3) is 79.2 Å². The standard InChI is InChI=1S/C49H31N5S2/c1-5-16-32(17-6-1)40-31-41(51-46(50-40)33-18-7-2-8-19-33)39-30-36(28-29-37(39)38-24-15-27-44-45(38)56-43-26-14-13-25-42(43)55-44)49-53-47(34-20-9-3-10-21-34)52-48(54-49)35-22-11-4-12-23-35/h1-31H. The van der Waals surface area contributed by atoms with Gasteiger partial charge in [-0.25, -0.2) is 24.9 Å². The summed E-state index contributed by atoms with van der Waals surface area (Å²) in [5, 5.41) is 0. The van der Waals surface area contributed by atoms with E-state index in [2.05, 4.69) is 91.0 Å². The van der Waals surface area contributed by atoms with Crippen molar-refractivity contribution in [2.45, 2.75) is 19.6 Å². The Morgan fingerprint density at radius 3 is 1.32 bits per heavy atom. The van der Waals surface area contributed by atoms with Crippen LogP contribution in [0.1, 0.15) is 0 Å². The Bertz CT molecular complexity index is 2740. The van der Waals surface area contributed by atoms with E-state index in [-0.39, 0.29) is 0 Å². The van der Waals surface area contributed by atoms with E-state index in [1.54, 1.807) is 0 Å². The van der Waals surface area contributed by atoms with Crippen LogP contribution in [-0.4, -0.2) is 24.9 Å². The smallest absolute Gasteiger partial charge is 0.164 e. The van der Waals surface area contributed by atoms with Crippen LogP contribution in [-0.2, 0) is 0 Å². The van der Waals surface area contributed by atoms with E-state index in [0.717, 1.165) is 55.9 Å². The number of aromatic nitrogens is 5. The lowest BCUT2D eigenvalue weighted by molar-refractivity contribution is 1.07. The van der Waals surface area contributed by atoms with Crippen molar-refractivity contribution in [2.75, 3.05) is 0 Å². The molecule has 1 aliphatic heterocycles. The van der Waals surface area contributed by atoms with Crippen LogP contribution in [0.15, 0.2) is 208 Å². The molecular formula is C49H31N5S2. The van der Waals surface area contributed by atoms with Gasteiger partial charge in [0.05, 0.1) is 11.4 Å². The summed E-state index contributed by atoms with van der Waals surface area (Å²) >= 11 is 3.64. The number of hydrogen-bond donors (Lipinski definition) is 0. The summed E-state index contributed by atoms with van der Waals surface area (Å²) < 4.78 is 0. The summed E-state index contributed by atoms with van der Waals surface area (Å²) in [6, 6.07) is 64.5. The first-order valence-corrected chi connectivity index (χ1v) is 20.0. The van der Waals surface area contributed by atoms with Crippen LogP contribution in [0.3, 0.4) is 0 Å². The van der Waals surface area contributed by atoms with E-state index in [4.69, 9.17) is 24.9 Å². The van der Waals surface area contributed by atoms with Crippen molar-refractivity contribution in [3.63, 3.8) is 0 Å². The first-order valence-electron chi connectivity index (χ1n) is 18.3. The molecule has 3 heterocycles. The highest BCUT2D eigenvalue weighted by Crippen LogP contribution is 2.52. The molecule has 2 aromatic heterocycles. The van der Waals surface area contributed by atoms with Crippen molar-refractivity contribution >= 4 is 23.5 Å². The second-order valence-electron chi connectivity index (χ2n) is 13.3. The highest BCUT2D eigenvalue weighted by atomic mass is 32.2. The van der Waals surface area contributed by atoms with E-state index >= 15 is 0 Å². The summed E-state index contributed by atoms with van der Waals surface area (Å²) in [5.74, 6) is 2.47. The molecule has 264 valence electrons. The lowest BCUT2D eigenvalue weighted by Crippen LogP contribution is -2.01. The molecule has 7 aromatic carbocycles. The quantitative estimate of drug-likeness (QED) is 0.161. The van der Waals surface area contributed by atoms with E-state index < -0.39 is 0 Å². The van der Waals surface area contributed by atoms with E-state index in [9.17, 15) is 0 Å². The fraction of sp³-hybridized carbons (Fsp3) is 0. The van der Waals surface area contributed by atoms with Gasteiger partial charge in [0.1, 0.15) is 0 Å². The highest BCUT2D eigenvalue weighted by Gasteiger charge is 2.24. The molecule has 0 amide bonds. The SMILES string of the molecule is c1ccc(-c2cc(-c3cc(-c4nc(-c5ccccc5)nc(-c5ccccc5)n4)ccc3-c3cccc4c3Sc3ccccc3S4)nc(-c3ccccc3)n2)cc1. The number of benzene rings is 7. The molecule has 9 aromatic rings. The molecule has 56 heavy (non-hydrogen) atoms. The van der Waals surface area contributed by atoms with Crippen molar-refractivity contribution in [3.8, 4) is 79.2 Å². The van der Waals surface area contributed by atoms with Gasteiger partial charge >= 0.3 is 0 Å². The molecule has 0 fully saturated rings. The van der Waals surface area contributed by atoms with Crippen molar-refractivity contribution in [1.82, 2.24) is 24.9 Å². The van der Waals surface area contributed by atoms with Crippen molar-refractivity contribution < 1.29 is 0 Å². The second kappa shape index (κ2) is 14.9. The largest absolute Gasteiger partial charge is 0.228 e. The molecular weight excluding hydrogens is 723 g/mol. The number of hydrogen-bond acceptors (Lipinski definition) is 7. The Morgan fingerprint density at radius 2 is 0.732 bits per heavy atom. The molecule has 5 nitrogen and oxygen atoms in total. The maximum atomic E-state index is 5.32. The average Bonchev–Trinajstić information content (AvgIpc) is 3.29. The van der Waals surface area contributed by atoms with Gasteiger partial charge in [0.25, 0.3) is 0 Å². The minimum Gasteiger partial charge on any atom is -0.228 e. The van der Waals surface area contributed by atoms with Crippen LogP contribution in [0, 0.1) is 0 Å². The first kappa shape index (κ1) is 33.9. The molecule has 0 saturated carbocycles. The third kappa shape index (κ3) is 6.68. The number of fused-ring (bicyclic) bond motifs is 2. The maximum Gasteiger partial charge on any atom is 0.164 e. The van der Waals surface area contributed by atoms with Crippen molar-refractivity contribution in [2.24, 2.45) is 0 Å². The van der Waals surface area contributed by atoms with Crippen LogP contribution in [0.5, 0.6) is 0 Å². The van der Waals surface area contributed by atoms with Gasteiger partial charge in [0.2, 0.25) is 0 Å². The van der Waals surface area contributed by atoms with Crippen LogP contribution in [0.2, 0.25) is 0 Å². The molecule has 0 N–H and O–H groups in total. The first-order chi connectivity index (χ1) is 27.7. The monoisotopic (exact) mass is 753 g/mol. The molecule has 0 atom stereocenters. The van der Waals surface area contributed by atoms with Gasteiger partial charge < -0.3 is 0 Å². The van der Waals surface area contributed by atoms with E-state index in [1.165, 1.54) is 19.6 Å². The normalized spacial score (nSPS) is 11.8. The van der Waals surface area contributed by atoms with Crippen LogP contribution < -0.4 is 0 Å². The fourth-order valence-electron chi connectivity index (χ4n) is 6.89. The maximum absolute atomic E-state index is 5.32. The third-order valence-electron chi connectivity index (χ3n) is 9.63. The summed E-state index contributed by atoms with van der Waals surface area (Å²) in [7, 11) is 0. The Labute approximate surface area is 333 Å². The molecule has 0 unspecified atom stereocenters. The fourth-order valence-corrected chi connectivity index (χ4v) is 9.28. The van der Waals surface area contributed by atoms with Crippen molar-refractivity contribution in [1.29, 1.82) is 0 Å². The molecule has 0 spiro atoms. The Kier molecular flexibility index (Phi) is 8.99. The van der Waals surface area contributed by atoms with E-state index in [0.29, 0.717) is 23.3 Å². The second-order valence-corrected chi connectivity index (χ2v) is 15.4. The van der Waals surface area contributed by atoms with E-state index in [1.807, 2.05) is 121 Å². The molecule has 0 aliphatic carbocycles. The van der Waals surface area contributed by atoms with Crippen LogP contribution in [0.4, 0.5) is 0 Å². The minimum absolute atomic E-state index is 0.583. The topological polar surface area (TPSA) is 64.5 Å². The van der Waals surface area contributed by atoms with Gasteiger partial charge in [0.15, 0.2) is 23.3 Å². The predicted octanol–water partition coefficient (Wildman–Crippen LogP) is 12.9. The average molecular weight is 754 g/mol. The lowest BCUT2D eigenvalue weighted by atomic mass is 9.94. The Hall–Kier alpha value is -6.67. The van der Waals surface area contributed by atoms with Gasteiger partial charge in [-0.2, -0.15) is 0 Å². The van der Waals surface area contributed by atoms with Gasteiger partial charge in [0, 0.05) is 53.0 Å². The summed E-state index contributed by atoms with van der Waals surface area (Å²) in [5.41, 5.74) is 9.49. The number of rotatable bonds is 7. The summed E-state index contributed by atoms with van der Waals surface area (Å²) in [6.45, 7) is 0. The Morgan fingerprint density at radius 1 is 0.268 bits per heavy atom. The number of nitrogens with zero attached hydrogens (tertiary/aromatic N) is 5.